The predicted molar refractivity (Wildman–Crippen MR) is 133 cm³/mol. The lowest BCUT2D eigenvalue weighted by molar-refractivity contribution is -0.137. The average Bonchev–Trinajstić information content (AvgIpc) is 3.33. The van der Waals surface area contributed by atoms with Crippen molar-refractivity contribution < 1.29 is 22.7 Å². The van der Waals surface area contributed by atoms with Crippen molar-refractivity contribution >= 4 is 6.08 Å². The summed E-state index contributed by atoms with van der Waals surface area (Å²) in [4.78, 5) is 0. The molecular formula is C30H30F4O. The molecule has 0 atom stereocenters. The number of aliphatic hydroxyl groups excluding tert-OH is 1. The Balaban J connectivity index is 1.92. The van der Waals surface area contributed by atoms with E-state index in [0.29, 0.717) is 6.42 Å². The molecule has 0 aliphatic heterocycles. The van der Waals surface area contributed by atoms with Gasteiger partial charge in [-0.15, -0.1) is 0 Å². The van der Waals surface area contributed by atoms with Gasteiger partial charge in [0.2, 0.25) is 0 Å². The minimum atomic E-state index is -4.39. The van der Waals surface area contributed by atoms with Crippen LogP contribution in [0, 0.1) is 5.82 Å². The van der Waals surface area contributed by atoms with E-state index in [2.05, 4.69) is 26.0 Å². The van der Waals surface area contributed by atoms with Crippen LogP contribution in [0.15, 0.2) is 60.2 Å². The number of alkyl halides is 3. The average molecular weight is 483 g/mol. The highest BCUT2D eigenvalue weighted by Gasteiger charge is 2.30. The minimum Gasteiger partial charge on any atom is -0.392 e. The summed E-state index contributed by atoms with van der Waals surface area (Å²) in [6.07, 6.45) is 2.60. The highest BCUT2D eigenvalue weighted by atomic mass is 19.4. The number of aliphatic hydroxyl groups is 1. The number of halogens is 4. The maximum atomic E-state index is 13.8. The van der Waals surface area contributed by atoms with Gasteiger partial charge in [-0.25, -0.2) is 4.39 Å². The third kappa shape index (κ3) is 5.67. The van der Waals surface area contributed by atoms with Gasteiger partial charge >= 0.3 is 6.18 Å². The Morgan fingerprint density at radius 3 is 2.09 bits per heavy atom. The van der Waals surface area contributed by atoms with Crippen LogP contribution < -0.4 is 0 Å². The number of allylic oxidation sites excluding steroid dienone is 1. The van der Waals surface area contributed by atoms with E-state index in [1.165, 1.54) is 29.8 Å². The zero-order valence-electron chi connectivity index (χ0n) is 20.1. The Labute approximate surface area is 204 Å². The molecule has 184 valence electrons. The topological polar surface area (TPSA) is 20.2 Å². The molecule has 1 nitrogen and oxygen atoms in total. The van der Waals surface area contributed by atoms with Gasteiger partial charge in [-0.2, -0.15) is 13.2 Å². The highest BCUT2D eigenvalue weighted by molar-refractivity contribution is 5.78. The fourth-order valence-corrected chi connectivity index (χ4v) is 4.99. The summed E-state index contributed by atoms with van der Waals surface area (Å²) in [5.41, 5.74) is 6.79. The zero-order chi connectivity index (χ0) is 25.2. The van der Waals surface area contributed by atoms with Crippen LogP contribution in [0.5, 0.6) is 0 Å². The summed E-state index contributed by atoms with van der Waals surface area (Å²) < 4.78 is 53.0. The van der Waals surface area contributed by atoms with E-state index in [9.17, 15) is 22.7 Å². The Kier molecular flexibility index (Phi) is 7.46. The van der Waals surface area contributed by atoms with Gasteiger partial charge in [0.1, 0.15) is 5.82 Å². The van der Waals surface area contributed by atoms with Crippen molar-refractivity contribution in [2.75, 3.05) is 0 Å². The summed E-state index contributed by atoms with van der Waals surface area (Å²) in [5, 5.41) is 10.5. The Hall–Kier alpha value is -2.92. The second-order valence-electron chi connectivity index (χ2n) is 9.59. The molecule has 0 amide bonds. The van der Waals surface area contributed by atoms with Crippen molar-refractivity contribution in [2.24, 2.45) is 0 Å². The van der Waals surface area contributed by atoms with Crippen LogP contribution in [0.4, 0.5) is 17.6 Å². The van der Waals surface area contributed by atoms with Crippen LogP contribution in [-0.2, 0) is 19.2 Å². The number of benzene rings is 3. The minimum absolute atomic E-state index is 0.145. The summed E-state index contributed by atoms with van der Waals surface area (Å²) in [6.45, 7) is 3.99. The van der Waals surface area contributed by atoms with Crippen LogP contribution >= 0.6 is 0 Å². The third-order valence-electron chi connectivity index (χ3n) is 6.79. The molecule has 0 radical (unpaired) electrons. The number of rotatable bonds is 6. The SMILES string of the molecule is CC(C)c1cc(C=C2CCCC2)c(CO)c(-c2ccc(F)cc2)c1Cc1ccc(C(F)(F)F)cc1. The van der Waals surface area contributed by atoms with Crippen molar-refractivity contribution in [1.29, 1.82) is 0 Å². The number of hydrogen-bond donors (Lipinski definition) is 1. The molecule has 4 rings (SSSR count). The van der Waals surface area contributed by atoms with Crippen molar-refractivity contribution in [3.63, 3.8) is 0 Å². The zero-order valence-corrected chi connectivity index (χ0v) is 20.1. The van der Waals surface area contributed by atoms with E-state index in [1.807, 2.05) is 0 Å². The molecule has 5 heteroatoms. The van der Waals surface area contributed by atoms with Gasteiger partial charge in [0.25, 0.3) is 0 Å². The molecule has 3 aromatic carbocycles. The van der Waals surface area contributed by atoms with Gasteiger partial charge in [-0.05, 0) is 101 Å². The maximum absolute atomic E-state index is 13.8. The monoisotopic (exact) mass is 482 g/mol. The van der Waals surface area contributed by atoms with Gasteiger partial charge in [0.05, 0.1) is 12.2 Å². The highest BCUT2D eigenvalue weighted by Crippen LogP contribution is 2.39. The first-order valence-corrected chi connectivity index (χ1v) is 12.1. The molecule has 1 N–H and O–H groups in total. The van der Waals surface area contributed by atoms with Crippen molar-refractivity contribution in [2.45, 2.75) is 64.7 Å². The fraction of sp³-hybridized carbons (Fsp3) is 0.333. The van der Waals surface area contributed by atoms with Gasteiger partial charge in [-0.3, -0.25) is 0 Å². The lowest BCUT2D eigenvalue weighted by Gasteiger charge is -2.24. The van der Waals surface area contributed by atoms with E-state index in [0.717, 1.165) is 76.8 Å². The molecule has 1 fully saturated rings. The first kappa shape index (κ1) is 25.2. The lowest BCUT2D eigenvalue weighted by Crippen LogP contribution is -2.08. The van der Waals surface area contributed by atoms with Crippen molar-refractivity contribution in [3.8, 4) is 11.1 Å². The predicted octanol–water partition coefficient (Wildman–Crippen LogP) is 8.68. The van der Waals surface area contributed by atoms with Gasteiger partial charge in [-0.1, -0.05) is 55.8 Å². The van der Waals surface area contributed by atoms with Crippen LogP contribution in [0.25, 0.3) is 17.2 Å². The quantitative estimate of drug-likeness (QED) is 0.349. The van der Waals surface area contributed by atoms with E-state index < -0.39 is 11.7 Å². The molecular weight excluding hydrogens is 452 g/mol. The largest absolute Gasteiger partial charge is 0.416 e. The second-order valence-corrected chi connectivity index (χ2v) is 9.59. The van der Waals surface area contributed by atoms with Gasteiger partial charge in [0.15, 0.2) is 0 Å². The molecule has 1 saturated carbocycles. The molecule has 3 aromatic rings. The third-order valence-corrected chi connectivity index (χ3v) is 6.79. The number of hydrogen-bond acceptors (Lipinski definition) is 1. The molecule has 0 heterocycles. The summed E-state index contributed by atoms with van der Waals surface area (Å²) in [7, 11) is 0. The van der Waals surface area contributed by atoms with Crippen LogP contribution in [0.2, 0.25) is 0 Å². The molecule has 0 bridgehead atoms. The molecule has 0 spiro atoms. The fourth-order valence-electron chi connectivity index (χ4n) is 4.99. The lowest BCUT2D eigenvalue weighted by atomic mass is 9.81. The van der Waals surface area contributed by atoms with E-state index in [-0.39, 0.29) is 18.3 Å². The first-order valence-electron chi connectivity index (χ1n) is 12.1. The Morgan fingerprint density at radius 1 is 0.914 bits per heavy atom. The molecule has 0 unspecified atom stereocenters. The summed E-state index contributed by atoms with van der Waals surface area (Å²) in [6, 6.07) is 13.6. The standard InChI is InChI=1S/C30H30F4O/c1-19(2)26-17-23(15-20-5-3-4-6-20)28(18-35)29(22-9-13-25(31)14-10-22)27(26)16-21-7-11-24(12-8-21)30(32,33)34/h7-15,17,19,35H,3-6,16,18H2,1-2H3. The summed E-state index contributed by atoms with van der Waals surface area (Å²) >= 11 is 0. The maximum Gasteiger partial charge on any atom is 0.416 e. The van der Waals surface area contributed by atoms with Crippen molar-refractivity contribution in [3.05, 3.63) is 99.4 Å². The molecule has 1 aliphatic rings. The summed E-state index contributed by atoms with van der Waals surface area (Å²) in [5.74, 6) is -0.205. The van der Waals surface area contributed by atoms with Crippen LogP contribution in [-0.4, -0.2) is 5.11 Å². The van der Waals surface area contributed by atoms with Gasteiger partial charge < -0.3 is 5.11 Å². The van der Waals surface area contributed by atoms with E-state index >= 15 is 0 Å². The smallest absolute Gasteiger partial charge is 0.392 e. The van der Waals surface area contributed by atoms with Gasteiger partial charge in [0, 0.05) is 0 Å². The Morgan fingerprint density at radius 2 is 1.54 bits per heavy atom. The van der Waals surface area contributed by atoms with E-state index in [4.69, 9.17) is 0 Å². The Bertz CT molecular complexity index is 1200. The van der Waals surface area contributed by atoms with Crippen molar-refractivity contribution in [1.82, 2.24) is 0 Å². The normalized spacial score (nSPS) is 14.1. The second kappa shape index (κ2) is 10.4. The first-order chi connectivity index (χ1) is 16.7. The molecule has 0 aromatic heterocycles. The molecule has 35 heavy (non-hydrogen) atoms. The molecule has 1 aliphatic carbocycles. The van der Waals surface area contributed by atoms with Crippen LogP contribution in [0.3, 0.4) is 0 Å². The van der Waals surface area contributed by atoms with Crippen LogP contribution in [0.1, 0.15) is 78.8 Å². The molecule has 0 saturated heterocycles. The van der Waals surface area contributed by atoms with E-state index in [1.54, 1.807) is 12.1 Å².